The van der Waals surface area contributed by atoms with E-state index in [4.69, 9.17) is 0 Å². The maximum Gasteiger partial charge on any atom is 0.100 e. The van der Waals surface area contributed by atoms with E-state index in [1.165, 1.54) is 6.08 Å². The predicted octanol–water partition coefficient (Wildman–Crippen LogP) is 3.61. The highest BCUT2D eigenvalue weighted by molar-refractivity contribution is 5.15. The van der Waals surface area contributed by atoms with Crippen LogP contribution in [-0.2, 0) is 0 Å². The van der Waals surface area contributed by atoms with Crippen LogP contribution in [-0.4, -0.2) is 32.6 Å². The van der Waals surface area contributed by atoms with E-state index in [9.17, 15) is 15.3 Å². The highest BCUT2D eigenvalue weighted by Crippen LogP contribution is 2.49. The Morgan fingerprint density at radius 2 is 1.87 bits per heavy atom. The molecule has 0 bridgehead atoms. The number of rotatable bonds is 6. The number of aliphatic hydroxyl groups is 3. The fourth-order valence-electron chi connectivity index (χ4n) is 3.53. The first kappa shape index (κ1) is 20.1. The Kier molecular flexibility index (Phi) is 6.06. The van der Waals surface area contributed by atoms with Crippen molar-refractivity contribution >= 4 is 0 Å². The van der Waals surface area contributed by atoms with Crippen molar-refractivity contribution in [1.29, 1.82) is 0 Å². The molecule has 0 heterocycles. The zero-order chi connectivity index (χ0) is 18.1. The molecule has 5 atom stereocenters. The molecule has 0 saturated heterocycles. The average molecular weight is 322 g/mol. The molecule has 0 aromatic rings. The van der Waals surface area contributed by atoms with Gasteiger partial charge in [0.2, 0.25) is 0 Å². The SMILES string of the molecule is C=C[C@@]1(C)CC[C@H](C(C)(O)/C=C/C(O)C(C)(C)O)C[C@@H]1C(=C)C. The van der Waals surface area contributed by atoms with Crippen molar-refractivity contribution in [3.05, 3.63) is 37.0 Å². The molecule has 1 saturated carbocycles. The third kappa shape index (κ3) is 4.79. The zero-order valence-electron chi connectivity index (χ0n) is 15.3. The third-order valence-electron chi connectivity index (χ3n) is 5.58. The van der Waals surface area contributed by atoms with Gasteiger partial charge in [-0.05, 0) is 64.2 Å². The van der Waals surface area contributed by atoms with E-state index in [0.29, 0.717) is 0 Å². The van der Waals surface area contributed by atoms with E-state index in [2.05, 4.69) is 20.1 Å². The molecule has 0 radical (unpaired) electrons. The van der Waals surface area contributed by atoms with Crippen molar-refractivity contribution in [2.24, 2.45) is 17.3 Å². The number of aliphatic hydroxyl groups excluding tert-OH is 1. The summed E-state index contributed by atoms with van der Waals surface area (Å²) in [5, 5.41) is 30.6. The summed E-state index contributed by atoms with van der Waals surface area (Å²) < 4.78 is 0. The van der Waals surface area contributed by atoms with Gasteiger partial charge in [-0.2, -0.15) is 0 Å². The van der Waals surface area contributed by atoms with Crippen LogP contribution in [0.5, 0.6) is 0 Å². The zero-order valence-corrected chi connectivity index (χ0v) is 15.3. The molecule has 3 heteroatoms. The molecule has 3 nitrogen and oxygen atoms in total. The number of allylic oxidation sites excluding steroid dienone is 2. The minimum absolute atomic E-state index is 0.0226. The molecule has 0 aromatic heterocycles. The minimum Gasteiger partial charge on any atom is -0.387 e. The molecule has 0 aliphatic heterocycles. The van der Waals surface area contributed by atoms with Crippen LogP contribution in [0.2, 0.25) is 0 Å². The summed E-state index contributed by atoms with van der Waals surface area (Å²) in [4.78, 5) is 0. The Hall–Kier alpha value is -0.900. The van der Waals surface area contributed by atoms with Crippen molar-refractivity contribution < 1.29 is 15.3 Å². The lowest BCUT2D eigenvalue weighted by atomic mass is 9.59. The van der Waals surface area contributed by atoms with Gasteiger partial charge in [0, 0.05) is 0 Å². The maximum absolute atomic E-state index is 10.9. The van der Waals surface area contributed by atoms with Gasteiger partial charge in [-0.25, -0.2) is 0 Å². The van der Waals surface area contributed by atoms with Crippen molar-refractivity contribution in [3.63, 3.8) is 0 Å². The summed E-state index contributed by atoms with van der Waals surface area (Å²) in [6.07, 6.45) is 6.83. The Morgan fingerprint density at radius 3 is 2.30 bits per heavy atom. The summed E-state index contributed by atoms with van der Waals surface area (Å²) in [5.74, 6) is 0.375. The van der Waals surface area contributed by atoms with E-state index in [1.807, 2.05) is 13.0 Å². The van der Waals surface area contributed by atoms with Gasteiger partial charge in [0.1, 0.15) is 6.10 Å². The summed E-state index contributed by atoms with van der Waals surface area (Å²) in [6, 6.07) is 0. The summed E-state index contributed by atoms with van der Waals surface area (Å²) in [7, 11) is 0. The van der Waals surface area contributed by atoms with Crippen molar-refractivity contribution in [1.82, 2.24) is 0 Å². The smallest absolute Gasteiger partial charge is 0.100 e. The van der Waals surface area contributed by atoms with E-state index in [1.54, 1.807) is 26.8 Å². The normalized spacial score (nSPS) is 33.2. The molecule has 1 aliphatic carbocycles. The molecule has 23 heavy (non-hydrogen) atoms. The quantitative estimate of drug-likeness (QED) is 0.655. The van der Waals surface area contributed by atoms with Gasteiger partial charge in [0.05, 0.1) is 11.2 Å². The maximum atomic E-state index is 10.9. The second-order valence-electron chi connectivity index (χ2n) is 8.26. The second kappa shape index (κ2) is 6.92. The van der Waals surface area contributed by atoms with E-state index in [0.717, 1.165) is 24.8 Å². The molecule has 1 fully saturated rings. The van der Waals surface area contributed by atoms with Gasteiger partial charge in [-0.1, -0.05) is 37.3 Å². The Morgan fingerprint density at radius 1 is 1.30 bits per heavy atom. The van der Waals surface area contributed by atoms with E-state index in [-0.39, 0.29) is 17.3 Å². The van der Waals surface area contributed by atoms with E-state index >= 15 is 0 Å². The fraction of sp³-hybridized carbons (Fsp3) is 0.700. The van der Waals surface area contributed by atoms with Gasteiger partial charge in [0.15, 0.2) is 0 Å². The lowest BCUT2D eigenvalue weighted by molar-refractivity contribution is -0.0268. The van der Waals surface area contributed by atoms with Crippen LogP contribution >= 0.6 is 0 Å². The molecular formula is C20H34O3. The lowest BCUT2D eigenvalue weighted by Crippen LogP contribution is -2.42. The van der Waals surface area contributed by atoms with Gasteiger partial charge in [0.25, 0.3) is 0 Å². The molecule has 132 valence electrons. The van der Waals surface area contributed by atoms with Gasteiger partial charge < -0.3 is 15.3 Å². The topological polar surface area (TPSA) is 60.7 Å². The van der Waals surface area contributed by atoms with Crippen LogP contribution in [0.25, 0.3) is 0 Å². The Balaban J connectivity index is 2.92. The highest BCUT2D eigenvalue weighted by Gasteiger charge is 2.43. The summed E-state index contributed by atoms with van der Waals surface area (Å²) in [6.45, 7) is 17.2. The standard InChI is InChI=1S/C20H34O3/c1-8-19(6)11-9-15(13-16(19)14(2)3)20(7,23)12-10-17(21)18(4,5)22/h8,10,12,15-17,21-23H,1-2,9,11,13H2,3-7H3/b12-10+/t15-,16+,17?,19-,20?/m0/s1. The average Bonchev–Trinajstić information content (AvgIpc) is 2.43. The Labute approximate surface area is 141 Å². The van der Waals surface area contributed by atoms with Crippen LogP contribution in [0, 0.1) is 17.3 Å². The molecule has 0 aromatic carbocycles. The van der Waals surface area contributed by atoms with Crippen LogP contribution in [0.4, 0.5) is 0 Å². The van der Waals surface area contributed by atoms with Crippen molar-refractivity contribution in [3.8, 4) is 0 Å². The third-order valence-corrected chi connectivity index (χ3v) is 5.58. The monoisotopic (exact) mass is 322 g/mol. The summed E-state index contributed by atoms with van der Waals surface area (Å²) >= 11 is 0. The Bertz CT molecular complexity index is 470. The molecule has 0 amide bonds. The van der Waals surface area contributed by atoms with Gasteiger partial charge in [-0.15, -0.1) is 6.58 Å². The van der Waals surface area contributed by atoms with Crippen LogP contribution in [0.15, 0.2) is 37.0 Å². The molecule has 1 aliphatic rings. The van der Waals surface area contributed by atoms with Crippen LogP contribution in [0.3, 0.4) is 0 Å². The first-order valence-corrected chi connectivity index (χ1v) is 8.44. The first-order valence-electron chi connectivity index (χ1n) is 8.44. The molecular weight excluding hydrogens is 288 g/mol. The van der Waals surface area contributed by atoms with Gasteiger partial charge >= 0.3 is 0 Å². The fourth-order valence-corrected chi connectivity index (χ4v) is 3.53. The van der Waals surface area contributed by atoms with Crippen LogP contribution < -0.4 is 0 Å². The molecule has 1 rings (SSSR count). The predicted molar refractivity (Wildman–Crippen MR) is 96.0 cm³/mol. The minimum atomic E-state index is -1.22. The lowest BCUT2D eigenvalue weighted by Gasteiger charge is -2.46. The van der Waals surface area contributed by atoms with Crippen molar-refractivity contribution in [2.75, 3.05) is 0 Å². The number of hydrogen-bond donors (Lipinski definition) is 3. The van der Waals surface area contributed by atoms with Gasteiger partial charge in [-0.3, -0.25) is 0 Å². The first-order chi connectivity index (χ1) is 10.3. The van der Waals surface area contributed by atoms with Crippen LogP contribution in [0.1, 0.15) is 53.9 Å². The molecule has 3 N–H and O–H groups in total. The largest absolute Gasteiger partial charge is 0.387 e. The van der Waals surface area contributed by atoms with Crippen molar-refractivity contribution in [2.45, 2.75) is 71.2 Å². The second-order valence-corrected chi connectivity index (χ2v) is 8.26. The molecule has 2 unspecified atom stereocenters. The highest BCUT2D eigenvalue weighted by atomic mass is 16.3. The summed E-state index contributed by atoms with van der Waals surface area (Å²) in [5.41, 5.74) is -1.11. The van der Waals surface area contributed by atoms with E-state index < -0.39 is 17.3 Å². The molecule has 0 spiro atoms. The number of hydrogen-bond acceptors (Lipinski definition) is 3.